The number of likely N-dealkylation sites (N-methyl/N-ethyl adjacent to an activating group) is 1. The number of rotatable bonds is 6. The maximum atomic E-state index is 13.2. The summed E-state index contributed by atoms with van der Waals surface area (Å²) in [6.07, 6.45) is 0.805. The van der Waals surface area contributed by atoms with Gasteiger partial charge in [-0.25, -0.2) is 8.78 Å². The Morgan fingerprint density at radius 2 is 1.78 bits per heavy atom. The molecule has 0 unspecified atom stereocenters. The Bertz CT molecular complexity index is 548. The first-order chi connectivity index (χ1) is 11.0. The lowest BCUT2D eigenvalue weighted by Gasteiger charge is -2.33. The summed E-state index contributed by atoms with van der Waals surface area (Å²) in [4.78, 5) is 16.7. The number of hydrogen-bond donors (Lipinski definition) is 1. The van der Waals surface area contributed by atoms with Crippen molar-refractivity contribution in [2.45, 2.75) is 13.3 Å². The van der Waals surface area contributed by atoms with Crippen molar-refractivity contribution in [3.63, 3.8) is 0 Å². The largest absolute Gasteiger partial charge is 0.352 e. The van der Waals surface area contributed by atoms with Gasteiger partial charge in [-0.05, 0) is 31.6 Å². The van der Waals surface area contributed by atoms with E-state index in [-0.39, 0.29) is 10.6 Å². The normalized spacial score (nSPS) is 16.5. The standard InChI is InChI=1S/C16H22ClF2N3O/c1-2-21-6-8-22(9-7-21)5-3-4-20-16(23)12-10-14(18)15(19)11-13(12)17/h10-11H,2-9H2,1H3,(H,20,23). The van der Waals surface area contributed by atoms with Gasteiger partial charge in [0.1, 0.15) is 0 Å². The van der Waals surface area contributed by atoms with E-state index in [1.165, 1.54) is 0 Å². The van der Waals surface area contributed by atoms with E-state index < -0.39 is 17.5 Å². The molecule has 1 saturated heterocycles. The second kappa shape index (κ2) is 8.57. The maximum Gasteiger partial charge on any atom is 0.252 e. The lowest BCUT2D eigenvalue weighted by molar-refractivity contribution is 0.0948. The zero-order chi connectivity index (χ0) is 16.8. The van der Waals surface area contributed by atoms with Crippen LogP contribution in [0, 0.1) is 11.6 Å². The molecule has 0 saturated carbocycles. The smallest absolute Gasteiger partial charge is 0.252 e. The molecule has 128 valence electrons. The van der Waals surface area contributed by atoms with Gasteiger partial charge in [0.05, 0.1) is 10.6 Å². The van der Waals surface area contributed by atoms with Gasteiger partial charge in [0.25, 0.3) is 5.91 Å². The highest BCUT2D eigenvalue weighted by Gasteiger charge is 2.16. The van der Waals surface area contributed by atoms with Crippen LogP contribution in [0.4, 0.5) is 8.78 Å². The summed E-state index contributed by atoms with van der Waals surface area (Å²) in [6, 6.07) is 1.65. The molecule has 23 heavy (non-hydrogen) atoms. The van der Waals surface area contributed by atoms with Crippen LogP contribution in [-0.4, -0.2) is 61.5 Å². The van der Waals surface area contributed by atoms with Gasteiger partial charge in [-0.3, -0.25) is 4.79 Å². The molecule has 1 aliphatic heterocycles. The highest BCUT2D eigenvalue weighted by molar-refractivity contribution is 6.33. The van der Waals surface area contributed by atoms with Gasteiger partial charge < -0.3 is 15.1 Å². The summed E-state index contributed by atoms with van der Waals surface area (Å²) in [6.45, 7) is 8.85. The topological polar surface area (TPSA) is 35.6 Å². The van der Waals surface area contributed by atoms with E-state index in [0.29, 0.717) is 6.54 Å². The van der Waals surface area contributed by atoms with Crippen molar-refractivity contribution in [1.29, 1.82) is 0 Å². The number of piperazine rings is 1. The van der Waals surface area contributed by atoms with Gasteiger partial charge in [0.15, 0.2) is 11.6 Å². The first kappa shape index (κ1) is 18.1. The fourth-order valence-electron chi connectivity index (χ4n) is 2.63. The molecule has 0 radical (unpaired) electrons. The molecule has 1 aromatic carbocycles. The third-order valence-corrected chi connectivity index (χ3v) is 4.42. The first-order valence-electron chi connectivity index (χ1n) is 7.88. The molecular weight excluding hydrogens is 324 g/mol. The Kier molecular flexibility index (Phi) is 6.74. The number of nitrogens with one attached hydrogen (secondary N) is 1. The predicted octanol–water partition coefficient (Wildman–Crippen LogP) is 2.38. The lowest BCUT2D eigenvalue weighted by Crippen LogP contribution is -2.46. The van der Waals surface area contributed by atoms with E-state index in [2.05, 4.69) is 22.0 Å². The number of nitrogens with zero attached hydrogens (tertiary/aromatic N) is 2. The Morgan fingerprint density at radius 3 is 2.43 bits per heavy atom. The van der Waals surface area contributed by atoms with Crippen molar-refractivity contribution < 1.29 is 13.6 Å². The summed E-state index contributed by atoms with van der Waals surface area (Å²) in [5.74, 6) is -2.61. The van der Waals surface area contributed by atoms with Crippen LogP contribution < -0.4 is 5.32 Å². The van der Waals surface area contributed by atoms with Crippen LogP contribution >= 0.6 is 11.6 Å². The van der Waals surface area contributed by atoms with Crippen molar-refractivity contribution in [2.24, 2.45) is 0 Å². The maximum absolute atomic E-state index is 13.2. The molecule has 1 heterocycles. The van der Waals surface area contributed by atoms with E-state index >= 15 is 0 Å². The summed E-state index contributed by atoms with van der Waals surface area (Å²) < 4.78 is 26.2. The fraction of sp³-hybridized carbons (Fsp3) is 0.562. The average Bonchev–Trinajstić information content (AvgIpc) is 2.55. The zero-order valence-corrected chi connectivity index (χ0v) is 14.0. The minimum Gasteiger partial charge on any atom is -0.352 e. The molecule has 0 bridgehead atoms. The molecule has 7 heteroatoms. The SMILES string of the molecule is CCN1CCN(CCCNC(=O)c2cc(F)c(F)cc2Cl)CC1. The van der Waals surface area contributed by atoms with Crippen LogP contribution in [0.3, 0.4) is 0 Å². The first-order valence-corrected chi connectivity index (χ1v) is 8.26. The number of hydrogen-bond acceptors (Lipinski definition) is 3. The number of carbonyl (C=O) groups is 1. The van der Waals surface area contributed by atoms with Gasteiger partial charge in [-0.1, -0.05) is 18.5 Å². The minimum atomic E-state index is -1.08. The highest BCUT2D eigenvalue weighted by atomic mass is 35.5. The third kappa shape index (κ3) is 5.12. The molecule has 1 aromatic rings. The van der Waals surface area contributed by atoms with Crippen LogP contribution in [0.1, 0.15) is 23.7 Å². The molecule has 1 N–H and O–H groups in total. The molecular formula is C16H22ClF2N3O. The second-order valence-electron chi connectivity index (χ2n) is 5.63. The molecule has 1 fully saturated rings. The molecule has 1 aliphatic rings. The van der Waals surface area contributed by atoms with E-state index in [9.17, 15) is 13.6 Å². The molecule has 4 nitrogen and oxygen atoms in total. The van der Waals surface area contributed by atoms with Crippen LogP contribution in [-0.2, 0) is 0 Å². The van der Waals surface area contributed by atoms with Crippen molar-refractivity contribution in [1.82, 2.24) is 15.1 Å². The molecule has 2 rings (SSSR count). The number of benzene rings is 1. The summed E-state index contributed by atoms with van der Waals surface area (Å²) in [5.41, 5.74) is -0.0397. The number of carbonyl (C=O) groups excluding carboxylic acids is 1. The van der Waals surface area contributed by atoms with E-state index in [1.54, 1.807) is 0 Å². The predicted molar refractivity (Wildman–Crippen MR) is 86.9 cm³/mol. The van der Waals surface area contributed by atoms with Gasteiger partial charge >= 0.3 is 0 Å². The van der Waals surface area contributed by atoms with Crippen molar-refractivity contribution in [3.05, 3.63) is 34.4 Å². The van der Waals surface area contributed by atoms with Crippen LogP contribution in [0.2, 0.25) is 5.02 Å². The van der Waals surface area contributed by atoms with Gasteiger partial charge in [0.2, 0.25) is 0 Å². The van der Waals surface area contributed by atoms with Gasteiger partial charge in [0, 0.05) is 32.7 Å². The summed E-state index contributed by atoms with van der Waals surface area (Å²) in [7, 11) is 0. The number of halogens is 3. The van der Waals surface area contributed by atoms with Crippen molar-refractivity contribution in [3.8, 4) is 0 Å². The van der Waals surface area contributed by atoms with E-state index in [4.69, 9.17) is 11.6 Å². The van der Waals surface area contributed by atoms with Crippen LogP contribution in [0.15, 0.2) is 12.1 Å². The van der Waals surface area contributed by atoms with Crippen LogP contribution in [0.5, 0.6) is 0 Å². The van der Waals surface area contributed by atoms with E-state index in [1.807, 2.05) is 0 Å². The van der Waals surface area contributed by atoms with Crippen molar-refractivity contribution >= 4 is 17.5 Å². The van der Waals surface area contributed by atoms with Gasteiger partial charge in [-0.15, -0.1) is 0 Å². The zero-order valence-electron chi connectivity index (χ0n) is 13.2. The monoisotopic (exact) mass is 345 g/mol. The Labute approximate surface area is 140 Å². The molecule has 0 atom stereocenters. The molecule has 0 spiro atoms. The quantitative estimate of drug-likeness (QED) is 0.635. The summed E-state index contributed by atoms with van der Waals surface area (Å²) >= 11 is 5.78. The minimum absolute atomic E-state index is 0.0397. The highest BCUT2D eigenvalue weighted by Crippen LogP contribution is 2.19. The molecule has 0 aliphatic carbocycles. The number of amides is 1. The fourth-order valence-corrected chi connectivity index (χ4v) is 2.86. The summed E-state index contributed by atoms with van der Waals surface area (Å²) in [5, 5.41) is 2.61. The lowest BCUT2D eigenvalue weighted by atomic mass is 10.2. The van der Waals surface area contributed by atoms with Crippen molar-refractivity contribution in [2.75, 3.05) is 45.8 Å². The molecule has 0 aromatic heterocycles. The van der Waals surface area contributed by atoms with E-state index in [0.717, 1.165) is 57.8 Å². The van der Waals surface area contributed by atoms with Gasteiger partial charge in [-0.2, -0.15) is 0 Å². The third-order valence-electron chi connectivity index (χ3n) is 4.10. The Hall–Kier alpha value is -1.24. The Balaban J connectivity index is 1.72. The van der Waals surface area contributed by atoms with Crippen LogP contribution in [0.25, 0.3) is 0 Å². The Morgan fingerprint density at radius 1 is 1.17 bits per heavy atom. The second-order valence-corrected chi connectivity index (χ2v) is 6.04. The average molecular weight is 346 g/mol. The molecule has 1 amide bonds.